The summed E-state index contributed by atoms with van der Waals surface area (Å²) in [6.45, 7) is -0.597. The van der Waals surface area contributed by atoms with Crippen molar-refractivity contribution < 1.29 is 14.3 Å². The van der Waals surface area contributed by atoms with Gasteiger partial charge in [0.15, 0.2) is 6.61 Å². The highest BCUT2D eigenvalue weighted by molar-refractivity contribution is 6.35. The van der Waals surface area contributed by atoms with Crippen LogP contribution in [0.25, 0.3) is 11.0 Å². The number of carbonyl (C=O) groups is 2. The maximum absolute atomic E-state index is 11.9. The van der Waals surface area contributed by atoms with E-state index in [-0.39, 0.29) is 6.54 Å². The Morgan fingerprint density at radius 3 is 2.80 bits per heavy atom. The molecular weight excluding hydrogens is 367 g/mol. The molecule has 25 heavy (non-hydrogen) atoms. The van der Waals surface area contributed by atoms with Crippen molar-refractivity contribution in [3.05, 3.63) is 52.5 Å². The number of ether oxygens (including phenoxy) is 1. The molecule has 0 spiro atoms. The van der Waals surface area contributed by atoms with Crippen molar-refractivity contribution in [1.29, 1.82) is 0 Å². The molecule has 1 heterocycles. The van der Waals surface area contributed by atoms with Crippen molar-refractivity contribution >= 4 is 51.8 Å². The standard InChI is InChI=1S/C16H12Cl2N4O3/c17-10-5-6-11(18)13(7-10)19-15(23)9-25-16(24)8-22-14-4-2-1-3-12(14)20-21-22/h1-7H,8-9H2,(H,19,23). The van der Waals surface area contributed by atoms with Gasteiger partial charge in [0.05, 0.1) is 16.2 Å². The maximum Gasteiger partial charge on any atom is 0.328 e. The van der Waals surface area contributed by atoms with Gasteiger partial charge in [0.2, 0.25) is 0 Å². The predicted molar refractivity (Wildman–Crippen MR) is 93.6 cm³/mol. The summed E-state index contributed by atoms with van der Waals surface area (Å²) in [5, 5.41) is 11.1. The molecule has 2 aromatic carbocycles. The molecule has 1 N–H and O–H groups in total. The summed E-state index contributed by atoms with van der Waals surface area (Å²) in [5.41, 5.74) is 1.72. The molecule has 0 saturated heterocycles. The maximum atomic E-state index is 11.9. The molecule has 0 fully saturated rings. The Bertz CT molecular complexity index is 942. The number of esters is 1. The number of hydrogen-bond donors (Lipinski definition) is 1. The summed E-state index contributed by atoms with van der Waals surface area (Å²) in [5.74, 6) is -1.14. The van der Waals surface area contributed by atoms with E-state index in [0.29, 0.717) is 26.8 Å². The SMILES string of the molecule is O=C(COC(=O)Cn1nnc2ccccc21)Nc1cc(Cl)ccc1Cl. The first kappa shape index (κ1) is 17.2. The van der Waals surface area contributed by atoms with E-state index in [1.807, 2.05) is 12.1 Å². The number of carbonyl (C=O) groups excluding carboxylic acids is 2. The second kappa shape index (κ2) is 7.50. The van der Waals surface area contributed by atoms with Gasteiger partial charge >= 0.3 is 5.97 Å². The van der Waals surface area contributed by atoms with Crippen LogP contribution in [0.5, 0.6) is 0 Å². The Kier molecular flexibility index (Phi) is 5.16. The highest BCUT2D eigenvalue weighted by Crippen LogP contribution is 2.25. The normalized spacial score (nSPS) is 10.6. The fourth-order valence-corrected chi connectivity index (χ4v) is 2.46. The smallest absolute Gasteiger partial charge is 0.328 e. The molecule has 0 radical (unpaired) electrons. The van der Waals surface area contributed by atoms with Crippen LogP contribution < -0.4 is 5.32 Å². The number of rotatable bonds is 5. The monoisotopic (exact) mass is 378 g/mol. The number of aromatic nitrogens is 3. The van der Waals surface area contributed by atoms with Gasteiger partial charge in [-0.3, -0.25) is 9.59 Å². The van der Waals surface area contributed by atoms with E-state index in [2.05, 4.69) is 15.6 Å². The van der Waals surface area contributed by atoms with Gasteiger partial charge in [-0.05, 0) is 30.3 Å². The fourth-order valence-electron chi connectivity index (χ4n) is 2.13. The number of para-hydroxylation sites is 1. The molecule has 7 nitrogen and oxygen atoms in total. The van der Waals surface area contributed by atoms with Crippen LogP contribution in [0.15, 0.2) is 42.5 Å². The molecule has 0 bridgehead atoms. The molecular formula is C16H12Cl2N4O3. The van der Waals surface area contributed by atoms with Gasteiger partial charge in [-0.1, -0.05) is 40.5 Å². The highest BCUT2D eigenvalue weighted by atomic mass is 35.5. The minimum absolute atomic E-state index is 0.147. The molecule has 1 amide bonds. The van der Waals surface area contributed by atoms with E-state index in [0.717, 1.165) is 0 Å². The van der Waals surface area contributed by atoms with Crippen LogP contribution in [0, 0.1) is 0 Å². The van der Waals surface area contributed by atoms with Gasteiger partial charge in [0, 0.05) is 5.02 Å². The largest absolute Gasteiger partial charge is 0.454 e. The second-order valence-electron chi connectivity index (χ2n) is 5.07. The van der Waals surface area contributed by atoms with Gasteiger partial charge < -0.3 is 10.1 Å². The van der Waals surface area contributed by atoms with Crippen molar-refractivity contribution in [2.24, 2.45) is 0 Å². The summed E-state index contributed by atoms with van der Waals surface area (Å²) in [4.78, 5) is 23.8. The fraction of sp³-hybridized carbons (Fsp3) is 0.125. The molecule has 0 atom stereocenters. The van der Waals surface area contributed by atoms with Gasteiger partial charge in [-0.25, -0.2) is 4.68 Å². The number of fused-ring (bicyclic) bond motifs is 1. The Labute approximate surface area is 152 Å². The van der Waals surface area contributed by atoms with Gasteiger partial charge in [0.1, 0.15) is 12.1 Å². The number of amides is 1. The topological polar surface area (TPSA) is 86.1 Å². The summed E-state index contributed by atoms with van der Waals surface area (Å²) >= 11 is 11.8. The van der Waals surface area contributed by atoms with Crippen molar-refractivity contribution in [2.45, 2.75) is 6.54 Å². The number of nitrogens with one attached hydrogen (secondary N) is 1. The van der Waals surface area contributed by atoms with E-state index >= 15 is 0 Å². The van der Waals surface area contributed by atoms with Crippen LogP contribution in [0.4, 0.5) is 5.69 Å². The van der Waals surface area contributed by atoms with Crippen LogP contribution in [-0.2, 0) is 20.9 Å². The third-order valence-electron chi connectivity index (χ3n) is 3.27. The van der Waals surface area contributed by atoms with Crippen molar-refractivity contribution in [2.75, 3.05) is 11.9 Å². The van der Waals surface area contributed by atoms with Gasteiger partial charge in [-0.15, -0.1) is 5.10 Å². The minimum Gasteiger partial charge on any atom is -0.454 e. The Morgan fingerprint density at radius 1 is 1.16 bits per heavy atom. The van der Waals surface area contributed by atoms with Gasteiger partial charge in [0.25, 0.3) is 5.91 Å². The van der Waals surface area contributed by atoms with E-state index in [9.17, 15) is 9.59 Å². The molecule has 3 aromatic rings. The molecule has 0 saturated carbocycles. The number of nitrogens with zero attached hydrogens (tertiary/aromatic N) is 3. The third-order valence-corrected chi connectivity index (χ3v) is 3.83. The minimum atomic E-state index is -0.608. The average Bonchev–Trinajstić information content (AvgIpc) is 2.99. The van der Waals surface area contributed by atoms with Gasteiger partial charge in [-0.2, -0.15) is 0 Å². The van der Waals surface area contributed by atoms with Crippen LogP contribution >= 0.6 is 23.2 Å². The molecule has 0 aliphatic heterocycles. The zero-order chi connectivity index (χ0) is 17.8. The first-order chi connectivity index (χ1) is 12.0. The lowest BCUT2D eigenvalue weighted by Crippen LogP contribution is -2.23. The van der Waals surface area contributed by atoms with Crippen LogP contribution in [0.1, 0.15) is 0 Å². The summed E-state index contributed by atoms with van der Waals surface area (Å²) in [6, 6.07) is 11.9. The summed E-state index contributed by atoms with van der Waals surface area (Å²) in [6.07, 6.45) is 0. The molecule has 0 aliphatic rings. The lowest BCUT2D eigenvalue weighted by atomic mass is 10.3. The van der Waals surface area contributed by atoms with Crippen molar-refractivity contribution in [1.82, 2.24) is 15.0 Å². The average molecular weight is 379 g/mol. The first-order valence-electron chi connectivity index (χ1n) is 7.21. The lowest BCUT2D eigenvalue weighted by Gasteiger charge is -2.08. The lowest BCUT2D eigenvalue weighted by molar-refractivity contribution is -0.148. The quantitative estimate of drug-likeness (QED) is 0.689. The van der Waals surface area contributed by atoms with Crippen LogP contribution in [0.3, 0.4) is 0 Å². The first-order valence-corrected chi connectivity index (χ1v) is 7.97. The molecule has 1 aromatic heterocycles. The Balaban J connectivity index is 1.55. The zero-order valence-corrected chi connectivity index (χ0v) is 14.3. The number of halogens is 2. The predicted octanol–water partition coefficient (Wildman–Crippen LogP) is 2.92. The van der Waals surface area contributed by atoms with Crippen LogP contribution in [-0.4, -0.2) is 33.5 Å². The Hall–Kier alpha value is -2.64. The number of anilines is 1. The van der Waals surface area contributed by atoms with E-state index in [1.54, 1.807) is 24.3 Å². The molecule has 9 heteroatoms. The van der Waals surface area contributed by atoms with Crippen molar-refractivity contribution in [3.8, 4) is 0 Å². The summed E-state index contributed by atoms with van der Waals surface area (Å²) in [7, 11) is 0. The molecule has 128 valence electrons. The molecule has 0 aliphatic carbocycles. The van der Waals surface area contributed by atoms with E-state index in [4.69, 9.17) is 27.9 Å². The highest BCUT2D eigenvalue weighted by Gasteiger charge is 2.12. The number of benzene rings is 2. The molecule has 3 rings (SSSR count). The Morgan fingerprint density at radius 2 is 1.96 bits per heavy atom. The van der Waals surface area contributed by atoms with E-state index < -0.39 is 18.5 Å². The van der Waals surface area contributed by atoms with Crippen molar-refractivity contribution in [3.63, 3.8) is 0 Å². The summed E-state index contributed by atoms with van der Waals surface area (Å²) < 4.78 is 6.36. The third kappa shape index (κ3) is 4.26. The zero-order valence-electron chi connectivity index (χ0n) is 12.8. The van der Waals surface area contributed by atoms with E-state index in [1.165, 1.54) is 10.7 Å². The second-order valence-corrected chi connectivity index (χ2v) is 5.91. The number of hydrogen-bond acceptors (Lipinski definition) is 5. The molecule has 0 unspecified atom stereocenters. The van der Waals surface area contributed by atoms with Crippen LogP contribution in [0.2, 0.25) is 10.0 Å².